The van der Waals surface area contributed by atoms with Crippen LogP contribution >= 0.6 is 0 Å². The van der Waals surface area contributed by atoms with Crippen LogP contribution in [0.15, 0.2) is 24.3 Å². The Morgan fingerprint density at radius 2 is 1.88 bits per heavy atom. The van der Waals surface area contributed by atoms with Crippen molar-refractivity contribution in [3.63, 3.8) is 0 Å². The fourth-order valence-electron chi connectivity index (χ4n) is 2.71. The van der Waals surface area contributed by atoms with Crippen molar-refractivity contribution < 1.29 is 17.6 Å². The first kappa shape index (κ1) is 18.8. The first-order chi connectivity index (χ1) is 11.3. The summed E-state index contributed by atoms with van der Waals surface area (Å²) >= 11 is 0. The van der Waals surface area contributed by atoms with Crippen LogP contribution in [0.4, 0.5) is 4.39 Å². The van der Waals surface area contributed by atoms with E-state index < -0.39 is 10.2 Å². The maximum absolute atomic E-state index is 13.6. The highest BCUT2D eigenvalue weighted by Gasteiger charge is 2.28. The van der Waals surface area contributed by atoms with Gasteiger partial charge in [-0.3, -0.25) is 4.79 Å². The normalized spacial score (nSPS) is 17.1. The summed E-state index contributed by atoms with van der Waals surface area (Å²) in [6.07, 6.45) is 1.17. The molecule has 0 spiro atoms. The zero-order chi connectivity index (χ0) is 17.7. The van der Waals surface area contributed by atoms with Crippen LogP contribution in [0.2, 0.25) is 0 Å². The largest absolute Gasteiger partial charge is 0.341 e. The molecule has 1 amide bonds. The van der Waals surface area contributed by atoms with Gasteiger partial charge < -0.3 is 4.90 Å². The zero-order valence-corrected chi connectivity index (χ0v) is 14.9. The van der Waals surface area contributed by atoms with Crippen LogP contribution in [-0.2, 0) is 21.4 Å². The number of hydrogen-bond donors (Lipinski definition) is 0. The number of amides is 1. The summed E-state index contributed by atoms with van der Waals surface area (Å²) in [6, 6.07) is 6.43. The van der Waals surface area contributed by atoms with Gasteiger partial charge in [-0.1, -0.05) is 18.2 Å². The lowest BCUT2D eigenvalue weighted by Gasteiger charge is -2.24. The van der Waals surface area contributed by atoms with Crippen molar-refractivity contribution in [1.82, 2.24) is 13.5 Å². The molecule has 1 fully saturated rings. The van der Waals surface area contributed by atoms with Crippen LogP contribution in [0.5, 0.6) is 0 Å². The number of rotatable bonds is 5. The van der Waals surface area contributed by atoms with Gasteiger partial charge in [-0.05, 0) is 24.5 Å². The van der Waals surface area contributed by atoms with E-state index in [4.69, 9.17) is 0 Å². The predicted molar refractivity (Wildman–Crippen MR) is 90.1 cm³/mol. The molecule has 0 radical (unpaired) electrons. The fraction of sp³-hybridized carbons (Fsp3) is 0.562. The molecule has 2 rings (SSSR count). The van der Waals surface area contributed by atoms with Crippen LogP contribution in [0.25, 0.3) is 0 Å². The fourth-order valence-corrected chi connectivity index (χ4v) is 3.84. The van der Waals surface area contributed by atoms with Gasteiger partial charge in [0.2, 0.25) is 5.91 Å². The summed E-state index contributed by atoms with van der Waals surface area (Å²) in [7, 11) is -0.459. The lowest BCUT2D eigenvalue weighted by molar-refractivity contribution is -0.131. The summed E-state index contributed by atoms with van der Waals surface area (Å²) in [6.45, 7) is 1.57. The van der Waals surface area contributed by atoms with E-state index in [-0.39, 0.29) is 24.7 Å². The first-order valence-electron chi connectivity index (χ1n) is 8.01. The third kappa shape index (κ3) is 4.52. The number of carbonyl (C=O) groups is 1. The van der Waals surface area contributed by atoms with E-state index in [2.05, 4.69) is 0 Å². The molecule has 0 unspecified atom stereocenters. The van der Waals surface area contributed by atoms with Crippen LogP contribution < -0.4 is 0 Å². The second-order valence-corrected chi connectivity index (χ2v) is 8.16. The summed E-state index contributed by atoms with van der Waals surface area (Å²) in [5, 5.41) is 0. The Balaban J connectivity index is 1.91. The molecule has 6 nitrogen and oxygen atoms in total. The Hall–Kier alpha value is -1.51. The van der Waals surface area contributed by atoms with Gasteiger partial charge in [-0.2, -0.15) is 17.0 Å². The van der Waals surface area contributed by atoms with Crippen molar-refractivity contribution in [1.29, 1.82) is 0 Å². The number of benzene rings is 1. The molecule has 24 heavy (non-hydrogen) atoms. The highest BCUT2D eigenvalue weighted by molar-refractivity contribution is 7.86. The van der Waals surface area contributed by atoms with Crippen molar-refractivity contribution in [2.75, 3.05) is 40.3 Å². The molecule has 0 N–H and O–H groups in total. The van der Waals surface area contributed by atoms with Gasteiger partial charge >= 0.3 is 0 Å². The minimum atomic E-state index is -3.45. The summed E-state index contributed by atoms with van der Waals surface area (Å²) in [5.74, 6) is -0.369. The molecule has 0 atom stereocenters. The van der Waals surface area contributed by atoms with E-state index in [1.54, 1.807) is 23.1 Å². The topological polar surface area (TPSA) is 60.9 Å². The maximum atomic E-state index is 13.6. The van der Waals surface area contributed by atoms with E-state index in [1.807, 2.05) is 0 Å². The van der Waals surface area contributed by atoms with Gasteiger partial charge in [0.1, 0.15) is 5.82 Å². The molecule has 1 aromatic carbocycles. The Bertz CT molecular complexity index is 679. The lowest BCUT2D eigenvalue weighted by Crippen LogP contribution is -2.42. The van der Waals surface area contributed by atoms with Gasteiger partial charge in [0.05, 0.1) is 0 Å². The SMILES string of the molecule is CN(C)S(=O)(=O)N1CCCN(C(=O)CCc2ccccc2F)CC1. The van der Waals surface area contributed by atoms with Crippen molar-refractivity contribution in [3.05, 3.63) is 35.6 Å². The van der Waals surface area contributed by atoms with Crippen molar-refractivity contribution in [2.24, 2.45) is 0 Å². The van der Waals surface area contributed by atoms with Crippen LogP contribution in [-0.4, -0.2) is 68.1 Å². The number of carbonyl (C=O) groups excluding carboxylic acids is 1. The monoisotopic (exact) mass is 357 g/mol. The molecule has 0 bridgehead atoms. The average molecular weight is 357 g/mol. The molecule has 1 aliphatic heterocycles. The standard InChI is InChI=1S/C16H24FN3O3S/c1-18(2)24(22,23)20-11-5-10-19(12-13-20)16(21)9-8-14-6-3-4-7-15(14)17/h3-4,6-7H,5,8-13H2,1-2H3. The lowest BCUT2D eigenvalue weighted by atomic mass is 10.1. The number of nitrogens with zero attached hydrogens (tertiary/aromatic N) is 3. The second-order valence-electron chi connectivity index (χ2n) is 6.01. The van der Waals surface area contributed by atoms with E-state index in [9.17, 15) is 17.6 Å². The van der Waals surface area contributed by atoms with Gasteiger partial charge in [0.25, 0.3) is 10.2 Å². The predicted octanol–water partition coefficient (Wildman–Crippen LogP) is 1.10. The smallest absolute Gasteiger partial charge is 0.281 e. The summed E-state index contributed by atoms with van der Waals surface area (Å²) < 4.78 is 40.5. The molecule has 134 valence electrons. The molecule has 8 heteroatoms. The quantitative estimate of drug-likeness (QED) is 0.793. The van der Waals surface area contributed by atoms with Crippen LogP contribution in [0.3, 0.4) is 0 Å². The van der Waals surface area contributed by atoms with Gasteiger partial charge in [0.15, 0.2) is 0 Å². The average Bonchev–Trinajstić information content (AvgIpc) is 2.80. The van der Waals surface area contributed by atoms with E-state index in [1.165, 1.54) is 28.8 Å². The highest BCUT2D eigenvalue weighted by Crippen LogP contribution is 2.13. The first-order valence-corrected chi connectivity index (χ1v) is 9.41. The Kier molecular flexibility index (Phi) is 6.31. The molecule has 0 saturated carbocycles. The number of hydrogen-bond acceptors (Lipinski definition) is 3. The number of halogens is 1. The molecule has 1 aliphatic rings. The second kappa shape index (κ2) is 8.04. The summed E-state index contributed by atoms with van der Waals surface area (Å²) in [4.78, 5) is 14.0. The Labute approximate surface area is 143 Å². The zero-order valence-electron chi connectivity index (χ0n) is 14.1. The van der Waals surface area contributed by atoms with Gasteiger partial charge in [-0.15, -0.1) is 0 Å². The van der Waals surface area contributed by atoms with E-state index >= 15 is 0 Å². The Morgan fingerprint density at radius 1 is 1.17 bits per heavy atom. The third-order valence-corrected chi connectivity index (χ3v) is 6.10. The van der Waals surface area contributed by atoms with Gasteiger partial charge in [-0.25, -0.2) is 4.39 Å². The molecule has 1 saturated heterocycles. The molecule has 0 aromatic heterocycles. The van der Waals surface area contributed by atoms with Crippen LogP contribution in [0, 0.1) is 5.82 Å². The number of aryl methyl sites for hydroxylation is 1. The van der Waals surface area contributed by atoms with Gasteiger partial charge in [0, 0.05) is 46.7 Å². The molecule has 0 aliphatic carbocycles. The Morgan fingerprint density at radius 3 is 2.54 bits per heavy atom. The summed E-state index contributed by atoms with van der Waals surface area (Å²) in [5.41, 5.74) is 0.525. The van der Waals surface area contributed by atoms with Crippen molar-refractivity contribution in [2.45, 2.75) is 19.3 Å². The van der Waals surface area contributed by atoms with Crippen molar-refractivity contribution in [3.8, 4) is 0 Å². The molecular formula is C16H24FN3O3S. The third-order valence-electron chi connectivity index (χ3n) is 4.16. The maximum Gasteiger partial charge on any atom is 0.281 e. The minimum Gasteiger partial charge on any atom is -0.341 e. The molecule has 1 heterocycles. The highest BCUT2D eigenvalue weighted by atomic mass is 32.2. The molecular weight excluding hydrogens is 333 g/mol. The van der Waals surface area contributed by atoms with E-state index in [0.717, 1.165) is 0 Å². The van der Waals surface area contributed by atoms with Crippen molar-refractivity contribution >= 4 is 16.1 Å². The molecule has 1 aromatic rings. The van der Waals surface area contributed by atoms with Crippen LogP contribution in [0.1, 0.15) is 18.4 Å². The minimum absolute atomic E-state index is 0.0673. The van der Waals surface area contributed by atoms with E-state index in [0.29, 0.717) is 38.0 Å².